The van der Waals surface area contributed by atoms with Crippen molar-refractivity contribution in [3.8, 4) is 0 Å². The maximum absolute atomic E-state index is 13.4. The standard InChI is InChI=1S/C13H16BrFN2O.ClH/c1-8-4-9(6-16)7-17(8)13(18)10-2-3-11(14)12(15)5-10;/h2-3,5,8-9H,4,6-7,16H2,1H3;1H. The molecular formula is C13H17BrClFN2O. The van der Waals surface area contributed by atoms with E-state index < -0.39 is 5.82 Å². The molecule has 1 aliphatic heterocycles. The Morgan fingerprint density at radius 3 is 2.79 bits per heavy atom. The Hall–Kier alpha value is -0.650. The molecule has 2 N–H and O–H groups in total. The van der Waals surface area contributed by atoms with Crippen molar-refractivity contribution in [1.82, 2.24) is 4.90 Å². The lowest BCUT2D eigenvalue weighted by atomic mass is 10.1. The third kappa shape index (κ3) is 3.46. The largest absolute Gasteiger partial charge is 0.336 e. The van der Waals surface area contributed by atoms with Crippen LogP contribution in [0.2, 0.25) is 0 Å². The highest BCUT2D eigenvalue weighted by atomic mass is 79.9. The summed E-state index contributed by atoms with van der Waals surface area (Å²) in [7, 11) is 0. The molecule has 1 aromatic carbocycles. The number of rotatable bonds is 2. The Morgan fingerprint density at radius 2 is 2.26 bits per heavy atom. The Labute approximate surface area is 126 Å². The molecule has 2 unspecified atom stereocenters. The van der Waals surface area contributed by atoms with Gasteiger partial charge in [-0.15, -0.1) is 12.4 Å². The lowest BCUT2D eigenvalue weighted by Crippen LogP contribution is -2.34. The summed E-state index contributed by atoms with van der Waals surface area (Å²) >= 11 is 3.08. The smallest absolute Gasteiger partial charge is 0.254 e. The predicted octanol–water partition coefficient (Wildman–Crippen LogP) is 2.82. The first kappa shape index (κ1) is 16.4. The summed E-state index contributed by atoms with van der Waals surface area (Å²) in [6, 6.07) is 4.63. The molecule has 2 rings (SSSR count). The molecule has 0 aromatic heterocycles. The topological polar surface area (TPSA) is 46.3 Å². The fraction of sp³-hybridized carbons (Fsp3) is 0.462. The molecule has 1 heterocycles. The first-order valence-electron chi connectivity index (χ1n) is 5.99. The van der Waals surface area contributed by atoms with Gasteiger partial charge in [0.05, 0.1) is 4.47 Å². The third-order valence-electron chi connectivity index (χ3n) is 3.42. The molecule has 0 saturated carbocycles. The molecule has 3 nitrogen and oxygen atoms in total. The van der Waals surface area contributed by atoms with Gasteiger partial charge >= 0.3 is 0 Å². The summed E-state index contributed by atoms with van der Waals surface area (Å²) in [6.45, 7) is 3.25. The summed E-state index contributed by atoms with van der Waals surface area (Å²) in [5.74, 6) is -0.183. The van der Waals surface area contributed by atoms with Crippen molar-refractivity contribution in [1.29, 1.82) is 0 Å². The minimum atomic E-state index is -0.414. The molecule has 0 bridgehead atoms. The molecule has 1 fully saturated rings. The average molecular weight is 352 g/mol. The van der Waals surface area contributed by atoms with Crippen molar-refractivity contribution < 1.29 is 9.18 Å². The van der Waals surface area contributed by atoms with Gasteiger partial charge in [0.1, 0.15) is 5.82 Å². The van der Waals surface area contributed by atoms with Crippen molar-refractivity contribution >= 4 is 34.2 Å². The fourth-order valence-electron chi connectivity index (χ4n) is 2.39. The number of hydrogen-bond donors (Lipinski definition) is 1. The number of nitrogens with zero attached hydrogens (tertiary/aromatic N) is 1. The van der Waals surface area contributed by atoms with Gasteiger partial charge in [-0.2, -0.15) is 0 Å². The first-order chi connectivity index (χ1) is 8.52. The Kier molecular flexibility index (Phi) is 5.77. The van der Waals surface area contributed by atoms with Gasteiger partial charge in [-0.25, -0.2) is 4.39 Å². The molecule has 106 valence electrons. The molecule has 19 heavy (non-hydrogen) atoms. The van der Waals surface area contributed by atoms with E-state index in [0.717, 1.165) is 6.42 Å². The minimum Gasteiger partial charge on any atom is -0.336 e. The maximum Gasteiger partial charge on any atom is 0.254 e. The Bertz CT molecular complexity index is 472. The van der Waals surface area contributed by atoms with Crippen molar-refractivity contribution in [3.05, 3.63) is 34.1 Å². The zero-order valence-corrected chi connectivity index (χ0v) is 13.0. The number of halogens is 3. The van der Waals surface area contributed by atoms with Crippen molar-refractivity contribution in [2.24, 2.45) is 11.7 Å². The van der Waals surface area contributed by atoms with E-state index in [1.54, 1.807) is 17.0 Å². The zero-order chi connectivity index (χ0) is 13.3. The van der Waals surface area contributed by atoms with Gasteiger partial charge in [-0.3, -0.25) is 4.79 Å². The van der Waals surface area contributed by atoms with Crippen LogP contribution in [0, 0.1) is 11.7 Å². The molecule has 0 radical (unpaired) electrons. The predicted molar refractivity (Wildman–Crippen MR) is 79.0 cm³/mol. The normalized spacial score (nSPS) is 22.2. The van der Waals surface area contributed by atoms with Crippen molar-refractivity contribution in [2.45, 2.75) is 19.4 Å². The van der Waals surface area contributed by atoms with Crippen LogP contribution in [0.4, 0.5) is 4.39 Å². The average Bonchev–Trinajstić information content (AvgIpc) is 2.73. The van der Waals surface area contributed by atoms with Gasteiger partial charge < -0.3 is 10.6 Å². The second-order valence-corrected chi connectivity index (χ2v) is 5.63. The summed E-state index contributed by atoms with van der Waals surface area (Å²) in [4.78, 5) is 14.1. The highest BCUT2D eigenvalue weighted by Crippen LogP contribution is 2.25. The van der Waals surface area contributed by atoms with Gasteiger partial charge in [-0.1, -0.05) is 0 Å². The number of hydrogen-bond acceptors (Lipinski definition) is 2. The van der Waals surface area contributed by atoms with Crippen LogP contribution in [0.1, 0.15) is 23.7 Å². The number of amides is 1. The minimum absolute atomic E-state index is 0. The molecule has 1 amide bonds. The van der Waals surface area contributed by atoms with Gasteiger partial charge in [0.15, 0.2) is 0 Å². The van der Waals surface area contributed by atoms with Crippen molar-refractivity contribution in [2.75, 3.05) is 13.1 Å². The summed E-state index contributed by atoms with van der Waals surface area (Å²) < 4.78 is 13.8. The van der Waals surface area contributed by atoms with E-state index in [9.17, 15) is 9.18 Å². The summed E-state index contributed by atoms with van der Waals surface area (Å²) in [5, 5.41) is 0. The highest BCUT2D eigenvalue weighted by molar-refractivity contribution is 9.10. The number of nitrogens with two attached hydrogens (primary N) is 1. The SMILES string of the molecule is CC1CC(CN)CN1C(=O)c1ccc(Br)c(F)c1.Cl. The number of likely N-dealkylation sites (tertiary alicyclic amines) is 1. The summed E-state index contributed by atoms with van der Waals surface area (Å²) in [5.41, 5.74) is 6.03. The first-order valence-corrected chi connectivity index (χ1v) is 6.78. The van der Waals surface area contributed by atoms with E-state index in [1.165, 1.54) is 6.07 Å². The van der Waals surface area contributed by atoms with E-state index >= 15 is 0 Å². The van der Waals surface area contributed by atoms with E-state index in [1.807, 2.05) is 6.92 Å². The lowest BCUT2D eigenvalue weighted by molar-refractivity contribution is 0.0743. The monoisotopic (exact) mass is 350 g/mol. The maximum atomic E-state index is 13.4. The van der Waals surface area contributed by atoms with Gasteiger partial charge in [0.2, 0.25) is 0 Å². The van der Waals surface area contributed by atoms with Gasteiger partial charge in [0.25, 0.3) is 5.91 Å². The zero-order valence-electron chi connectivity index (χ0n) is 10.6. The van der Waals surface area contributed by atoms with Crippen LogP contribution in [0.5, 0.6) is 0 Å². The number of carbonyl (C=O) groups is 1. The quantitative estimate of drug-likeness (QED) is 0.890. The molecule has 0 spiro atoms. The van der Waals surface area contributed by atoms with Gasteiger partial charge in [0, 0.05) is 18.2 Å². The molecule has 0 aliphatic carbocycles. The Balaban J connectivity index is 0.00000180. The second kappa shape index (κ2) is 6.68. The molecular weight excluding hydrogens is 335 g/mol. The third-order valence-corrected chi connectivity index (χ3v) is 4.07. The van der Waals surface area contributed by atoms with E-state index in [0.29, 0.717) is 29.0 Å². The lowest BCUT2D eigenvalue weighted by Gasteiger charge is -2.21. The van der Waals surface area contributed by atoms with Crippen LogP contribution in [0.15, 0.2) is 22.7 Å². The van der Waals surface area contributed by atoms with Crippen LogP contribution >= 0.6 is 28.3 Å². The van der Waals surface area contributed by atoms with E-state index in [-0.39, 0.29) is 24.4 Å². The van der Waals surface area contributed by atoms with E-state index in [2.05, 4.69) is 15.9 Å². The fourth-order valence-corrected chi connectivity index (χ4v) is 2.64. The molecule has 1 aromatic rings. The van der Waals surface area contributed by atoms with E-state index in [4.69, 9.17) is 5.73 Å². The van der Waals surface area contributed by atoms with Crippen LogP contribution in [0.25, 0.3) is 0 Å². The van der Waals surface area contributed by atoms with Crippen LogP contribution in [0.3, 0.4) is 0 Å². The molecule has 1 aliphatic rings. The number of benzene rings is 1. The second-order valence-electron chi connectivity index (χ2n) is 4.77. The molecule has 6 heteroatoms. The van der Waals surface area contributed by atoms with Crippen LogP contribution in [-0.4, -0.2) is 29.9 Å². The Morgan fingerprint density at radius 1 is 1.58 bits per heavy atom. The molecule has 2 atom stereocenters. The highest BCUT2D eigenvalue weighted by Gasteiger charge is 2.32. The summed E-state index contributed by atoms with van der Waals surface area (Å²) in [6.07, 6.45) is 0.918. The molecule has 1 saturated heterocycles. The van der Waals surface area contributed by atoms with Gasteiger partial charge in [-0.05, 0) is 59.9 Å². The van der Waals surface area contributed by atoms with Crippen molar-refractivity contribution in [3.63, 3.8) is 0 Å². The van der Waals surface area contributed by atoms with Crippen LogP contribution in [-0.2, 0) is 0 Å². The number of carbonyl (C=O) groups excluding carboxylic acids is 1. The van der Waals surface area contributed by atoms with Crippen LogP contribution < -0.4 is 5.73 Å².